The number of halogens is 1. The average Bonchev–Trinajstić information content (AvgIpc) is 3.39. The molecule has 0 saturated heterocycles. The molecule has 4 aromatic carbocycles. The van der Waals surface area contributed by atoms with Crippen molar-refractivity contribution in [2.24, 2.45) is 0 Å². The SMILES string of the molecule is COc1cccc2cc(-c3cc(=O)oc4cc(-c5ccccc5)c(OC(=O)Cc5ccc(Cl)cc5)cc34)oc12. The smallest absolute Gasteiger partial charge is 0.336 e. The topological polar surface area (TPSA) is 78.9 Å². The maximum absolute atomic E-state index is 13.0. The number of furan rings is 1. The van der Waals surface area contributed by atoms with E-state index in [1.54, 1.807) is 49.6 Å². The van der Waals surface area contributed by atoms with Gasteiger partial charge in [0.1, 0.15) is 17.1 Å². The number of hydrogen-bond donors (Lipinski definition) is 0. The molecule has 0 unspecified atom stereocenters. The third-order valence-corrected chi connectivity index (χ3v) is 6.66. The number of hydrogen-bond acceptors (Lipinski definition) is 6. The Kier molecular flexibility index (Phi) is 6.39. The molecule has 0 N–H and O–H groups in total. The minimum atomic E-state index is -0.531. The zero-order valence-electron chi connectivity index (χ0n) is 20.8. The van der Waals surface area contributed by atoms with Crippen molar-refractivity contribution in [3.8, 4) is 33.9 Å². The van der Waals surface area contributed by atoms with Crippen molar-refractivity contribution in [1.29, 1.82) is 0 Å². The van der Waals surface area contributed by atoms with Crippen LogP contribution in [0.3, 0.4) is 0 Å². The molecule has 39 heavy (non-hydrogen) atoms. The molecule has 0 radical (unpaired) electrons. The van der Waals surface area contributed by atoms with Crippen molar-refractivity contribution >= 4 is 39.5 Å². The summed E-state index contributed by atoms with van der Waals surface area (Å²) in [5, 5.41) is 1.97. The van der Waals surface area contributed by atoms with Crippen LogP contribution in [0.2, 0.25) is 5.02 Å². The number of fused-ring (bicyclic) bond motifs is 2. The molecular formula is C32H21ClO6. The van der Waals surface area contributed by atoms with Gasteiger partial charge in [0, 0.05) is 33.0 Å². The van der Waals surface area contributed by atoms with Crippen LogP contribution in [0.25, 0.3) is 44.4 Å². The first-order valence-corrected chi connectivity index (χ1v) is 12.6. The summed E-state index contributed by atoms with van der Waals surface area (Å²) in [6.45, 7) is 0. The van der Waals surface area contributed by atoms with E-state index in [1.807, 2.05) is 48.5 Å². The summed E-state index contributed by atoms with van der Waals surface area (Å²) < 4.78 is 23.1. The lowest BCUT2D eigenvalue weighted by Gasteiger charge is -2.13. The van der Waals surface area contributed by atoms with Gasteiger partial charge in [0.05, 0.1) is 13.5 Å². The Morgan fingerprint density at radius 2 is 1.62 bits per heavy atom. The molecular weight excluding hydrogens is 516 g/mol. The van der Waals surface area contributed by atoms with Crippen LogP contribution in [0.5, 0.6) is 11.5 Å². The van der Waals surface area contributed by atoms with E-state index < -0.39 is 11.6 Å². The minimum absolute atomic E-state index is 0.0591. The Balaban J connectivity index is 1.50. The Labute approximate surface area is 228 Å². The van der Waals surface area contributed by atoms with Gasteiger partial charge in [0.2, 0.25) is 0 Å². The van der Waals surface area contributed by atoms with Crippen molar-refractivity contribution in [3.63, 3.8) is 0 Å². The Morgan fingerprint density at radius 3 is 2.38 bits per heavy atom. The lowest BCUT2D eigenvalue weighted by atomic mass is 10.00. The first kappa shape index (κ1) is 24.5. The van der Waals surface area contributed by atoms with E-state index in [2.05, 4.69) is 0 Å². The van der Waals surface area contributed by atoms with Gasteiger partial charge in [-0.1, -0.05) is 66.2 Å². The average molecular weight is 537 g/mol. The van der Waals surface area contributed by atoms with Gasteiger partial charge in [-0.2, -0.15) is 0 Å². The highest BCUT2D eigenvalue weighted by molar-refractivity contribution is 6.30. The summed E-state index contributed by atoms with van der Waals surface area (Å²) in [4.78, 5) is 25.6. The minimum Gasteiger partial charge on any atom is -0.493 e. The lowest BCUT2D eigenvalue weighted by molar-refractivity contribution is -0.133. The Hall–Kier alpha value is -4.81. The zero-order chi connectivity index (χ0) is 26.9. The highest BCUT2D eigenvalue weighted by Crippen LogP contribution is 2.40. The summed E-state index contributed by atoms with van der Waals surface area (Å²) in [6, 6.07) is 28.7. The number of benzene rings is 4. The second-order valence-corrected chi connectivity index (χ2v) is 9.39. The predicted octanol–water partition coefficient (Wildman–Crippen LogP) is 7.68. The van der Waals surface area contributed by atoms with E-state index in [0.29, 0.717) is 50.0 Å². The second kappa shape index (κ2) is 10.2. The van der Waals surface area contributed by atoms with Crippen LogP contribution in [0.15, 0.2) is 111 Å². The summed E-state index contributed by atoms with van der Waals surface area (Å²) in [5.74, 6) is 0.922. The van der Waals surface area contributed by atoms with Crippen LogP contribution in [0.4, 0.5) is 0 Å². The maximum Gasteiger partial charge on any atom is 0.336 e. The van der Waals surface area contributed by atoms with Crippen LogP contribution in [-0.2, 0) is 11.2 Å². The predicted molar refractivity (Wildman–Crippen MR) is 150 cm³/mol. The van der Waals surface area contributed by atoms with Crippen molar-refractivity contribution < 1.29 is 23.1 Å². The highest BCUT2D eigenvalue weighted by atomic mass is 35.5. The molecule has 0 atom stereocenters. The van der Waals surface area contributed by atoms with Crippen LogP contribution < -0.4 is 15.1 Å². The molecule has 0 amide bonds. The van der Waals surface area contributed by atoms with Crippen molar-refractivity contribution in [3.05, 3.63) is 118 Å². The molecule has 0 bridgehead atoms. The van der Waals surface area contributed by atoms with Gasteiger partial charge >= 0.3 is 11.6 Å². The molecule has 2 heterocycles. The van der Waals surface area contributed by atoms with Gasteiger partial charge in [0.15, 0.2) is 11.3 Å². The Bertz CT molecular complexity index is 1880. The Morgan fingerprint density at radius 1 is 0.821 bits per heavy atom. The van der Waals surface area contributed by atoms with Crippen molar-refractivity contribution in [2.45, 2.75) is 6.42 Å². The molecule has 192 valence electrons. The van der Waals surface area contributed by atoms with Crippen molar-refractivity contribution in [2.75, 3.05) is 7.11 Å². The highest BCUT2D eigenvalue weighted by Gasteiger charge is 2.19. The third kappa shape index (κ3) is 4.90. The van der Waals surface area contributed by atoms with Crippen LogP contribution in [-0.4, -0.2) is 13.1 Å². The van der Waals surface area contributed by atoms with Gasteiger partial charge in [-0.05, 0) is 47.5 Å². The number of rotatable bonds is 6. The molecule has 6 rings (SSSR count). The van der Waals surface area contributed by atoms with Crippen molar-refractivity contribution in [1.82, 2.24) is 0 Å². The van der Waals surface area contributed by atoms with Gasteiger partial charge in [-0.25, -0.2) is 4.79 Å². The van der Waals surface area contributed by atoms with E-state index in [9.17, 15) is 9.59 Å². The fourth-order valence-corrected chi connectivity index (χ4v) is 4.70. The monoisotopic (exact) mass is 536 g/mol. The van der Waals surface area contributed by atoms with Gasteiger partial charge in [0.25, 0.3) is 0 Å². The molecule has 0 aliphatic heterocycles. The van der Waals surface area contributed by atoms with Crippen LogP contribution in [0, 0.1) is 0 Å². The number of carbonyl (C=O) groups is 1. The van der Waals surface area contributed by atoms with Gasteiger partial charge in [-0.15, -0.1) is 0 Å². The van der Waals surface area contributed by atoms with E-state index in [-0.39, 0.29) is 6.42 Å². The molecule has 0 fully saturated rings. The van der Waals surface area contributed by atoms with Gasteiger partial charge in [-0.3, -0.25) is 4.79 Å². The fraction of sp³-hybridized carbons (Fsp3) is 0.0625. The van der Waals surface area contributed by atoms with E-state index >= 15 is 0 Å². The molecule has 0 saturated carbocycles. The van der Waals surface area contributed by atoms with E-state index in [0.717, 1.165) is 16.5 Å². The molecule has 6 aromatic rings. The quantitative estimate of drug-likeness (QED) is 0.123. The van der Waals surface area contributed by atoms with Crippen LogP contribution >= 0.6 is 11.6 Å². The number of esters is 1. The summed E-state index contributed by atoms with van der Waals surface area (Å²) in [7, 11) is 1.57. The zero-order valence-corrected chi connectivity index (χ0v) is 21.5. The summed E-state index contributed by atoms with van der Waals surface area (Å²) in [6.07, 6.45) is 0.0591. The largest absolute Gasteiger partial charge is 0.493 e. The second-order valence-electron chi connectivity index (χ2n) is 8.96. The third-order valence-electron chi connectivity index (χ3n) is 6.41. The van der Waals surface area contributed by atoms with E-state index in [4.69, 9.17) is 29.9 Å². The lowest BCUT2D eigenvalue weighted by Crippen LogP contribution is -2.12. The van der Waals surface area contributed by atoms with Gasteiger partial charge < -0.3 is 18.3 Å². The molecule has 0 aliphatic carbocycles. The standard InChI is InChI=1S/C32H21ClO6/c1-36-26-9-5-8-21-15-27(39-32(21)26)25-18-31(35)38-29-16-23(20-6-3-2-4-7-20)28(17-24(25)29)37-30(34)14-19-10-12-22(33)13-11-19/h2-13,15-18H,14H2,1H3. The maximum atomic E-state index is 13.0. The number of ether oxygens (including phenoxy) is 2. The molecule has 6 nitrogen and oxygen atoms in total. The summed E-state index contributed by atoms with van der Waals surface area (Å²) in [5.41, 5.74) is 3.06. The molecule has 0 spiro atoms. The molecule has 2 aromatic heterocycles. The number of para-hydroxylation sites is 1. The fourth-order valence-electron chi connectivity index (χ4n) is 4.58. The van der Waals surface area contributed by atoms with Crippen LogP contribution in [0.1, 0.15) is 5.56 Å². The molecule has 7 heteroatoms. The normalized spacial score (nSPS) is 11.1. The number of methoxy groups -OCH3 is 1. The molecule has 0 aliphatic rings. The first-order valence-electron chi connectivity index (χ1n) is 12.2. The van der Waals surface area contributed by atoms with E-state index in [1.165, 1.54) is 6.07 Å². The summed E-state index contributed by atoms with van der Waals surface area (Å²) >= 11 is 5.98. The first-order chi connectivity index (χ1) is 19.0. The number of carbonyl (C=O) groups excluding carboxylic acids is 1.